The van der Waals surface area contributed by atoms with E-state index in [2.05, 4.69) is 13.8 Å². The van der Waals surface area contributed by atoms with Gasteiger partial charge >= 0.3 is 62.5 Å². The van der Waals surface area contributed by atoms with Crippen LogP contribution in [0.3, 0.4) is 0 Å². The van der Waals surface area contributed by atoms with Crippen molar-refractivity contribution in [2.24, 2.45) is 0 Å². The number of rotatable bonds is 4. The Balaban J connectivity index is 0. The number of unbranched alkanes of at least 4 members (excludes halogenated alkanes) is 1. The molecule has 0 aliphatic carbocycles. The smallest absolute Gasteiger partial charge is 0.310 e. The predicted molar refractivity (Wildman–Crippen MR) is 40.0 cm³/mol. The zero-order chi connectivity index (χ0) is 8.24. The molecule has 0 radical (unpaired) electrons. The molecule has 0 aromatic carbocycles. The summed E-state index contributed by atoms with van der Waals surface area (Å²) in [7, 11) is -0.833. The van der Waals surface area contributed by atoms with Crippen LogP contribution in [0.1, 0.15) is 26.7 Å². The first kappa shape index (κ1) is 13.3. The summed E-state index contributed by atoms with van der Waals surface area (Å²) in [6.45, 7) is 4.60. The Morgan fingerprint density at radius 3 is 2.30 bits per heavy atom. The Hall–Kier alpha value is 0.683. The van der Waals surface area contributed by atoms with Crippen molar-refractivity contribution >= 4 is 8.69 Å². The molecular weight excluding hydrogens is 200 g/mol. The van der Waals surface area contributed by atoms with Gasteiger partial charge in [0.25, 0.3) is 0 Å². The van der Waals surface area contributed by atoms with Gasteiger partial charge in [-0.2, -0.15) is 0 Å². The second-order valence-corrected chi connectivity index (χ2v) is 7.37. The van der Waals surface area contributed by atoms with E-state index in [0.717, 1.165) is 0 Å². The van der Waals surface area contributed by atoms with Crippen LogP contribution in [0.2, 0.25) is 10.0 Å². The van der Waals surface area contributed by atoms with Crippen molar-refractivity contribution in [1.29, 1.82) is 0 Å². The van der Waals surface area contributed by atoms with E-state index in [1.165, 1.54) is 12.8 Å². The fraction of sp³-hybridized carbons (Fsp3) is 1.00. The SMILES string of the molecule is CCC[CH2][Zn][CH2]C.O=PO. The van der Waals surface area contributed by atoms with Crippen molar-refractivity contribution in [3.05, 3.63) is 0 Å². The molecule has 1 N–H and O–H groups in total. The summed E-state index contributed by atoms with van der Waals surface area (Å²) in [4.78, 5) is 6.99. The molecule has 58 valence electrons. The Kier molecular flexibility index (Phi) is 21.7. The summed E-state index contributed by atoms with van der Waals surface area (Å²) in [6, 6.07) is 0. The summed E-state index contributed by atoms with van der Waals surface area (Å²) in [5.41, 5.74) is 0. The van der Waals surface area contributed by atoms with E-state index in [0.29, 0.717) is 0 Å². The van der Waals surface area contributed by atoms with Crippen LogP contribution in [0.15, 0.2) is 0 Å². The van der Waals surface area contributed by atoms with Gasteiger partial charge in [-0.05, 0) is 0 Å². The molecule has 0 aliphatic rings. The van der Waals surface area contributed by atoms with E-state index in [1.54, 1.807) is 10.0 Å². The van der Waals surface area contributed by atoms with E-state index in [1.807, 2.05) is 0 Å². The second kappa shape index (κ2) is 16.3. The molecule has 10 heavy (non-hydrogen) atoms. The zero-order valence-corrected chi connectivity index (χ0v) is 10.7. The molecule has 0 heterocycles. The second-order valence-electron chi connectivity index (χ2n) is 2.14. The third-order valence-corrected chi connectivity index (χ3v) is 4.79. The van der Waals surface area contributed by atoms with Gasteiger partial charge in [-0.25, -0.2) is 4.57 Å². The van der Waals surface area contributed by atoms with Crippen LogP contribution in [0.4, 0.5) is 0 Å². The molecular formula is C6H15O2PZn. The van der Waals surface area contributed by atoms with Gasteiger partial charge in [0.1, 0.15) is 0 Å². The Bertz CT molecular complexity index is 57.7. The van der Waals surface area contributed by atoms with E-state index in [4.69, 9.17) is 9.46 Å². The predicted octanol–water partition coefficient (Wildman–Crippen LogP) is 2.91. The normalized spacial score (nSPS) is 7.90. The van der Waals surface area contributed by atoms with Crippen molar-refractivity contribution in [3.63, 3.8) is 0 Å². The van der Waals surface area contributed by atoms with Gasteiger partial charge in [0, 0.05) is 0 Å². The Morgan fingerprint density at radius 1 is 1.50 bits per heavy atom. The van der Waals surface area contributed by atoms with Crippen LogP contribution in [0.5, 0.6) is 0 Å². The molecule has 0 aliphatic heterocycles. The standard InChI is InChI=1S/C4H9.C2H5.HO2P.Zn/c1-3-4-2;1-2;1-3-2;/h1,3-4H2,2H3;1H2,2H3;(H,1,2);. The minimum absolute atomic E-state index is 0.0559. The van der Waals surface area contributed by atoms with Crippen LogP contribution in [0, 0.1) is 0 Å². The van der Waals surface area contributed by atoms with Crippen molar-refractivity contribution in [3.8, 4) is 0 Å². The van der Waals surface area contributed by atoms with Crippen LogP contribution < -0.4 is 0 Å². The molecule has 0 aromatic rings. The average Bonchev–Trinajstić information content (AvgIpc) is 1.91. The Morgan fingerprint density at radius 2 is 2.00 bits per heavy atom. The molecule has 0 saturated carbocycles. The molecule has 2 nitrogen and oxygen atoms in total. The summed E-state index contributed by atoms with van der Waals surface area (Å²) < 4.78 is 8.46. The van der Waals surface area contributed by atoms with E-state index in [-0.39, 0.29) is 17.1 Å². The van der Waals surface area contributed by atoms with Gasteiger partial charge in [-0.3, -0.25) is 0 Å². The summed E-state index contributed by atoms with van der Waals surface area (Å²) in [6.07, 6.45) is 2.92. The summed E-state index contributed by atoms with van der Waals surface area (Å²) >= 11 is 0.0559. The fourth-order valence-corrected chi connectivity index (χ4v) is 3.52. The quantitative estimate of drug-likeness (QED) is 0.445. The van der Waals surface area contributed by atoms with Gasteiger partial charge in [0.2, 0.25) is 0 Å². The monoisotopic (exact) mass is 214 g/mol. The molecule has 0 amide bonds. The van der Waals surface area contributed by atoms with Gasteiger partial charge in [0.05, 0.1) is 0 Å². The van der Waals surface area contributed by atoms with Crippen LogP contribution in [0.25, 0.3) is 0 Å². The first-order valence-corrected chi connectivity index (χ1v) is 8.76. The average molecular weight is 216 g/mol. The molecule has 0 rings (SSSR count). The molecule has 0 bridgehead atoms. The molecule has 4 heteroatoms. The van der Waals surface area contributed by atoms with Gasteiger partial charge in [-0.15, -0.1) is 0 Å². The van der Waals surface area contributed by atoms with Crippen molar-refractivity contribution in [1.82, 2.24) is 0 Å². The first-order valence-electron chi connectivity index (χ1n) is 3.80. The van der Waals surface area contributed by atoms with Crippen LogP contribution in [-0.2, 0) is 21.7 Å². The molecule has 0 saturated heterocycles. The Labute approximate surface area is 72.3 Å². The van der Waals surface area contributed by atoms with Crippen molar-refractivity contribution in [2.75, 3.05) is 0 Å². The number of hydrogen-bond acceptors (Lipinski definition) is 1. The third kappa shape index (κ3) is 23.4. The fourth-order valence-electron chi connectivity index (χ4n) is 0.677. The van der Waals surface area contributed by atoms with E-state index in [9.17, 15) is 0 Å². The third-order valence-electron chi connectivity index (χ3n) is 1.21. The first-order chi connectivity index (χ1) is 4.83. The zero-order valence-electron chi connectivity index (χ0n) is 6.84. The summed E-state index contributed by atoms with van der Waals surface area (Å²) in [5.74, 6) is 0. The number of hydrogen-bond donors (Lipinski definition) is 1. The molecule has 0 fully saturated rings. The van der Waals surface area contributed by atoms with Gasteiger partial charge in [0.15, 0.2) is 0 Å². The van der Waals surface area contributed by atoms with Crippen LogP contribution in [-0.4, -0.2) is 4.89 Å². The molecule has 0 atom stereocenters. The molecule has 0 spiro atoms. The topological polar surface area (TPSA) is 37.3 Å². The molecule has 0 aromatic heterocycles. The van der Waals surface area contributed by atoms with Gasteiger partial charge in [-0.1, -0.05) is 0 Å². The van der Waals surface area contributed by atoms with Crippen molar-refractivity contribution in [2.45, 2.75) is 36.7 Å². The summed E-state index contributed by atoms with van der Waals surface area (Å²) in [5, 5.41) is 3.17. The largest absolute Gasteiger partial charge is 0.324 e. The maximum atomic E-state index is 8.46. The molecule has 0 unspecified atom stereocenters. The maximum absolute atomic E-state index is 8.46. The van der Waals surface area contributed by atoms with Gasteiger partial charge < -0.3 is 4.89 Å². The maximum Gasteiger partial charge on any atom is 0.324 e. The minimum Gasteiger partial charge on any atom is -0.310 e. The van der Waals surface area contributed by atoms with Crippen molar-refractivity contribution < 1.29 is 26.6 Å². The van der Waals surface area contributed by atoms with Crippen LogP contribution >= 0.6 is 8.69 Å². The van der Waals surface area contributed by atoms with E-state index < -0.39 is 8.69 Å². The van der Waals surface area contributed by atoms with E-state index >= 15 is 0 Å². The minimum atomic E-state index is -0.833.